The van der Waals surface area contributed by atoms with Gasteiger partial charge in [-0.15, -0.1) is 0 Å². The standard InChI is InChI=1S/C15H11N3O4/c16-10-11-6-8-13(9-7-11)22-15(20)18-17-14(19)21-12-4-2-1-3-5-12/h1-9H,(H,17,19)(H,18,20). The summed E-state index contributed by atoms with van der Waals surface area (Å²) in [7, 11) is 0. The molecule has 110 valence electrons. The fourth-order valence-corrected chi connectivity index (χ4v) is 1.45. The highest BCUT2D eigenvalue weighted by Gasteiger charge is 2.08. The van der Waals surface area contributed by atoms with Crippen molar-refractivity contribution in [2.24, 2.45) is 0 Å². The van der Waals surface area contributed by atoms with Gasteiger partial charge in [-0.2, -0.15) is 5.26 Å². The van der Waals surface area contributed by atoms with Gasteiger partial charge in [-0.25, -0.2) is 20.4 Å². The number of hydrogen-bond acceptors (Lipinski definition) is 5. The van der Waals surface area contributed by atoms with Gasteiger partial charge in [-0.3, -0.25) is 0 Å². The Hall–Kier alpha value is -3.53. The monoisotopic (exact) mass is 297 g/mol. The molecule has 2 amide bonds. The first-order valence-corrected chi connectivity index (χ1v) is 6.18. The molecule has 0 spiro atoms. The molecule has 0 aliphatic heterocycles. The number of carbonyl (C=O) groups is 2. The second-order valence-electron chi connectivity index (χ2n) is 3.98. The average Bonchev–Trinajstić information content (AvgIpc) is 2.55. The van der Waals surface area contributed by atoms with E-state index in [1.54, 1.807) is 30.3 Å². The van der Waals surface area contributed by atoms with Crippen LogP contribution in [0.2, 0.25) is 0 Å². The van der Waals surface area contributed by atoms with Crippen LogP contribution in [0.5, 0.6) is 11.5 Å². The largest absolute Gasteiger partial charge is 0.431 e. The van der Waals surface area contributed by atoms with Crippen LogP contribution < -0.4 is 20.3 Å². The van der Waals surface area contributed by atoms with E-state index in [-0.39, 0.29) is 5.75 Å². The summed E-state index contributed by atoms with van der Waals surface area (Å²) in [5.74, 6) is 0.567. The Morgan fingerprint density at radius 2 is 1.32 bits per heavy atom. The maximum absolute atomic E-state index is 11.5. The highest BCUT2D eigenvalue weighted by molar-refractivity contribution is 5.76. The second kappa shape index (κ2) is 7.31. The topological polar surface area (TPSA) is 100 Å². The Morgan fingerprint density at radius 3 is 1.82 bits per heavy atom. The minimum Gasteiger partial charge on any atom is -0.409 e. The first-order valence-electron chi connectivity index (χ1n) is 6.18. The summed E-state index contributed by atoms with van der Waals surface area (Å²) in [6.07, 6.45) is -1.75. The van der Waals surface area contributed by atoms with E-state index in [1.165, 1.54) is 24.3 Å². The molecule has 2 rings (SSSR count). The molecule has 0 saturated carbocycles. The van der Waals surface area contributed by atoms with Gasteiger partial charge in [0.15, 0.2) is 0 Å². The highest BCUT2D eigenvalue weighted by Crippen LogP contribution is 2.11. The van der Waals surface area contributed by atoms with Crippen LogP contribution in [0.15, 0.2) is 54.6 Å². The van der Waals surface area contributed by atoms with Crippen LogP contribution in [0.3, 0.4) is 0 Å². The number of hydrogen-bond donors (Lipinski definition) is 2. The molecule has 0 radical (unpaired) electrons. The molecule has 2 aromatic carbocycles. The zero-order valence-corrected chi connectivity index (χ0v) is 11.3. The van der Waals surface area contributed by atoms with E-state index in [2.05, 4.69) is 0 Å². The van der Waals surface area contributed by atoms with Crippen LogP contribution in [-0.4, -0.2) is 12.2 Å². The van der Waals surface area contributed by atoms with E-state index in [1.807, 2.05) is 16.9 Å². The van der Waals surface area contributed by atoms with Crippen LogP contribution in [0, 0.1) is 11.3 Å². The summed E-state index contributed by atoms with van der Waals surface area (Å²) in [6.45, 7) is 0. The maximum atomic E-state index is 11.5. The SMILES string of the molecule is N#Cc1ccc(OC(=O)NNC(=O)Oc2ccccc2)cc1. The molecular formula is C15H11N3O4. The van der Waals surface area contributed by atoms with Gasteiger partial charge in [0, 0.05) is 0 Å². The highest BCUT2D eigenvalue weighted by atomic mass is 16.6. The lowest BCUT2D eigenvalue weighted by Crippen LogP contribution is -2.44. The van der Waals surface area contributed by atoms with Crippen molar-refractivity contribution in [2.75, 3.05) is 0 Å². The van der Waals surface area contributed by atoms with Gasteiger partial charge in [0.2, 0.25) is 0 Å². The van der Waals surface area contributed by atoms with Gasteiger partial charge >= 0.3 is 12.2 Å². The van der Waals surface area contributed by atoms with Gasteiger partial charge in [-0.05, 0) is 36.4 Å². The molecule has 0 unspecified atom stereocenters. The summed E-state index contributed by atoms with van der Waals surface area (Å²) >= 11 is 0. The predicted octanol–water partition coefficient (Wildman–Crippen LogP) is 2.35. The quantitative estimate of drug-likeness (QED) is 0.829. The number of nitrogens with one attached hydrogen (secondary N) is 2. The lowest BCUT2D eigenvalue weighted by atomic mass is 10.2. The van der Waals surface area contributed by atoms with E-state index in [0.717, 1.165) is 0 Å². The fourth-order valence-electron chi connectivity index (χ4n) is 1.45. The number of para-hydroxylation sites is 1. The summed E-state index contributed by atoms with van der Waals surface area (Å²) in [6, 6.07) is 16.2. The van der Waals surface area contributed by atoms with Crippen molar-refractivity contribution < 1.29 is 19.1 Å². The molecule has 7 nitrogen and oxygen atoms in total. The minimum atomic E-state index is -0.894. The van der Waals surface area contributed by atoms with E-state index in [0.29, 0.717) is 11.3 Å². The summed E-state index contributed by atoms with van der Waals surface area (Å²) < 4.78 is 9.77. The Labute approximate surface area is 126 Å². The number of hydrazine groups is 1. The molecule has 0 atom stereocenters. The molecule has 0 aliphatic rings. The number of benzene rings is 2. The lowest BCUT2D eigenvalue weighted by Gasteiger charge is -2.08. The normalized spacial score (nSPS) is 9.23. The first-order chi connectivity index (χ1) is 10.7. The average molecular weight is 297 g/mol. The van der Waals surface area contributed by atoms with Gasteiger partial charge in [0.1, 0.15) is 11.5 Å². The Bertz CT molecular complexity index is 693. The molecular weight excluding hydrogens is 286 g/mol. The third kappa shape index (κ3) is 4.54. The Morgan fingerprint density at radius 1 is 0.818 bits per heavy atom. The molecule has 0 heterocycles. The van der Waals surface area contributed by atoms with Crippen LogP contribution in [-0.2, 0) is 0 Å². The smallest absolute Gasteiger partial charge is 0.409 e. The molecule has 2 N–H and O–H groups in total. The van der Waals surface area contributed by atoms with Crippen LogP contribution in [0.25, 0.3) is 0 Å². The minimum absolute atomic E-state index is 0.231. The van der Waals surface area contributed by atoms with Crippen molar-refractivity contribution >= 4 is 12.2 Å². The van der Waals surface area contributed by atoms with Crippen LogP contribution in [0.1, 0.15) is 5.56 Å². The van der Waals surface area contributed by atoms with E-state index in [4.69, 9.17) is 14.7 Å². The molecule has 0 bridgehead atoms. The third-order valence-corrected chi connectivity index (χ3v) is 2.41. The number of rotatable bonds is 2. The van der Waals surface area contributed by atoms with Gasteiger partial charge in [0.25, 0.3) is 0 Å². The fraction of sp³-hybridized carbons (Fsp3) is 0. The number of ether oxygens (including phenoxy) is 2. The van der Waals surface area contributed by atoms with Crippen molar-refractivity contribution in [1.82, 2.24) is 10.9 Å². The van der Waals surface area contributed by atoms with Crippen molar-refractivity contribution in [1.29, 1.82) is 5.26 Å². The molecule has 0 saturated heterocycles. The van der Waals surface area contributed by atoms with E-state index in [9.17, 15) is 9.59 Å². The lowest BCUT2D eigenvalue weighted by molar-refractivity contribution is 0.179. The maximum Gasteiger partial charge on any atom is 0.431 e. The summed E-state index contributed by atoms with van der Waals surface area (Å²) in [4.78, 5) is 22.9. The Balaban J connectivity index is 1.77. The number of carbonyl (C=O) groups excluding carboxylic acids is 2. The van der Waals surface area contributed by atoms with Crippen molar-refractivity contribution in [3.63, 3.8) is 0 Å². The zero-order chi connectivity index (χ0) is 15.8. The molecule has 7 heteroatoms. The van der Waals surface area contributed by atoms with Gasteiger partial charge < -0.3 is 9.47 Å². The number of amides is 2. The van der Waals surface area contributed by atoms with Gasteiger partial charge in [0.05, 0.1) is 11.6 Å². The molecule has 22 heavy (non-hydrogen) atoms. The zero-order valence-electron chi connectivity index (χ0n) is 11.3. The number of nitrogens with zero attached hydrogens (tertiary/aromatic N) is 1. The summed E-state index contributed by atoms with van der Waals surface area (Å²) in [5.41, 5.74) is 4.51. The summed E-state index contributed by atoms with van der Waals surface area (Å²) in [5, 5.41) is 8.65. The van der Waals surface area contributed by atoms with Crippen LogP contribution in [0.4, 0.5) is 9.59 Å². The van der Waals surface area contributed by atoms with E-state index < -0.39 is 12.2 Å². The van der Waals surface area contributed by atoms with Crippen molar-refractivity contribution in [3.8, 4) is 17.6 Å². The van der Waals surface area contributed by atoms with Crippen LogP contribution >= 0.6 is 0 Å². The molecule has 0 aliphatic carbocycles. The third-order valence-electron chi connectivity index (χ3n) is 2.41. The molecule has 0 aromatic heterocycles. The Kier molecular flexibility index (Phi) is 4.94. The molecule has 0 fully saturated rings. The first kappa shape index (κ1) is 14.9. The van der Waals surface area contributed by atoms with Crippen molar-refractivity contribution in [3.05, 3.63) is 60.2 Å². The van der Waals surface area contributed by atoms with Gasteiger partial charge in [-0.1, -0.05) is 18.2 Å². The predicted molar refractivity (Wildman–Crippen MR) is 75.9 cm³/mol. The van der Waals surface area contributed by atoms with Crippen molar-refractivity contribution in [2.45, 2.75) is 0 Å². The van der Waals surface area contributed by atoms with E-state index >= 15 is 0 Å². The number of nitriles is 1. The molecule has 2 aromatic rings. The second-order valence-corrected chi connectivity index (χ2v) is 3.98.